The molecular formula is C16H16BrClFN. The van der Waals surface area contributed by atoms with Crippen LogP contribution in [0.25, 0.3) is 0 Å². The van der Waals surface area contributed by atoms with Gasteiger partial charge >= 0.3 is 0 Å². The van der Waals surface area contributed by atoms with Crippen LogP contribution in [-0.2, 0) is 6.42 Å². The molecule has 0 saturated carbocycles. The third-order valence-corrected chi connectivity index (χ3v) is 4.09. The third-order valence-electron chi connectivity index (χ3n) is 3.16. The predicted molar refractivity (Wildman–Crippen MR) is 85.7 cm³/mol. The Morgan fingerprint density at radius 1 is 1.20 bits per heavy atom. The average molecular weight is 357 g/mol. The van der Waals surface area contributed by atoms with Crippen LogP contribution in [0.3, 0.4) is 0 Å². The maximum Gasteiger partial charge on any atom is 0.142 e. The Balaban J connectivity index is 2.26. The summed E-state index contributed by atoms with van der Waals surface area (Å²) in [5.74, 6) is -0.372. The molecule has 0 amide bonds. The zero-order valence-electron chi connectivity index (χ0n) is 11.2. The molecule has 0 fully saturated rings. The first-order valence-electron chi connectivity index (χ1n) is 6.53. The van der Waals surface area contributed by atoms with Crippen molar-refractivity contribution in [1.29, 1.82) is 0 Å². The molecule has 0 aromatic heterocycles. The molecule has 0 heterocycles. The first kappa shape index (κ1) is 15.5. The molecule has 1 N–H and O–H groups in total. The Morgan fingerprint density at radius 2 is 1.90 bits per heavy atom. The van der Waals surface area contributed by atoms with Gasteiger partial charge in [-0.1, -0.05) is 58.7 Å². The Labute approximate surface area is 132 Å². The molecule has 0 radical (unpaired) electrons. The van der Waals surface area contributed by atoms with E-state index in [0.717, 1.165) is 23.0 Å². The van der Waals surface area contributed by atoms with Gasteiger partial charge in [-0.05, 0) is 42.3 Å². The lowest BCUT2D eigenvalue weighted by molar-refractivity contribution is 0.543. The molecule has 20 heavy (non-hydrogen) atoms. The zero-order chi connectivity index (χ0) is 14.5. The molecule has 4 heteroatoms. The minimum atomic E-state index is -0.372. The van der Waals surface area contributed by atoms with Crippen LogP contribution in [0.5, 0.6) is 0 Å². The van der Waals surface area contributed by atoms with Gasteiger partial charge in [-0.2, -0.15) is 0 Å². The minimum Gasteiger partial charge on any atom is -0.310 e. The highest BCUT2D eigenvalue weighted by Crippen LogP contribution is 2.28. The minimum absolute atomic E-state index is 0.00405. The largest absolute Gasteiger partial charge is 0.310 e. The summed E-state index contributed by atoms with van der Waals surface area (Å²) in [4.78, 5) is 0. The maximum atomic E-state index is 13.6. The van der Waals surface area contributed by atoms with Crippen molar-refractivity contribution in [2.75, 3.05) is 6.54 Å². The molecule has 106 valence electrons. The SMILES string of the molecule is CCNC(Cc1ccc(Br)cc1)c1cccc(F)c1Cl. The molecule has 2 aromatic carbocycles. The summed E-state index contributed by atoms with van der Waals surface area (Å²) < 4.78 is 14.7. The van der Waals surface area contributed by atoms with E-state index in [2.05, 4.69) is 33.4 Å². The van der Waals surface area contributed by atoms with Gasteiger partial charge in [-0.25, -0.2) is 4.39 Å². The van der Waals surface area contributed by atoms with E-state index in [4.69, 9.17) is 11.6 Å². The van der Waals surface area contributed by atoms with E-state index in [1.807, 2.05) is 25.1 Å². The fraction of sp³-hybridized carbons (Fsp3) is 0.250. The second-order valence-electron chi connectivity index (χ2n) is 4.58. The van der Waals surface area contributed by atoms with Gasteiger partial charge in [0.05, 0.1) is 5.02 Å². The van der Waals surface area contributed by atoms with Crippen LogP contribution >= 0.6 is 27.5 Å². The van der Waals surface area contributed by atoms with E-state index >= 15 is 0 Å². The highest BCUT2D eigenvalue weighted by molar-refractivity contribution is 9.10. The smallest absolute Gasteiger partial charge is 0.142 e. The molecule has 1 nitrogen and oxygen atoms in total. The Morgan fingerprint density at radius 3 is 2.55 bits per heavy atom. The van der Waals surface area contributed by atoms with E-state index in [1.165, 1.54) is 11.6 Å². The Kier molecular flexibility index (Phi) is 5.58. The predicted octanol–water partition coefficient (Wildman–Crippen LogP) is 5.13. The van der Waals surface area contributed by atoms with Gasteiger partial charge in [0.1, 0.15) is 5.82 Å². The number of rotatable bonds is 5. The van der Waals surface area contributed by atoms with Gasteiger partial charge in [0.25, 0.3) is 0 Å². The summed E-state index contributed by atoms with van der Waals surface area (Å²) in [7, 11) is 0. The van der Waals surface area contributed by atoms with Gasteiger partial charge in [-0.3, -0.25) is 0 Å². The molecule has 1 unspecified atom stereocenters. The summed E-state index contributed by atoms with van der Waals surface area (Å²) in [6, 6.07) is 13.1. The molecule has 2 rings (SSSR count). The molecule has 0 saturated heterocycles. The van der Waals surface area contributed by atoms with Crippen molar-refractivity contribution in [3.8, 4) is 0 Å². The zero-order valence-corrected chi connectivity index (χ0v) is 13.5. The molecule has 2 aromatic rings. The number of benzene rings is 2. The number of nitrogens with one attached hydrogen (secondary N) is 1. The van der Waals surface area contributed by atoms with Crippen LogP contribution in [0.1, 0.15) is 24.1 Å². The van der Waals surface area contributed by atoms with E-state index in [9.17, 15) is 4.39 Å². The summed E-state index contributed by atoms with van der Waals surface area (Å²) in [5, 5.41) is 3.57. The summed E-state index contributed by atoms with van der Waals surface area (Å²) >= 11 is 9.51. The van der Waals surface area contributed by atoms with Crippen molar-refractivity contribution in [3.63, 3.8) is 0 Å². The standard InChI is InChI=1S/C16H16BrClFN/c1-2-20-15(10-11-6-8-12(17)9-7-11)13-4-3-5-14(19)16(13)18/h3-9,15,20H,2,10H2,1H3. The Hall–Kier alpha value is -0.900. The van der Waals surface area contributed by atoms with Crippen molar-refractivity contribution in [2.45, 2.75) is 19.4 Å². The van der Waals surface area contributed by atoms with Crippen LogP contribution in [0, 0.1) is 5.82 Å². The number of hydrogen-bond acceptors (Lipinski definition) is 1. The lowest BCUT2D eigenvalue weighted by Gasteiger charge is -2.20. The molecule has 0 aliphatic carbocycles. The molecule has 0 bridgehead atoms. The van der Waals surface area contributed by atoms with E-state index in [1.54, 1.807) is 6.07 Å². The third kappa shape index (κ3) is 3.81. The van der Waals surface area contributed by atoms with Gasteiger partial charge < -0.3 is 5.32 Å². The van der Waals surface area contributed by atoms with Crippen LogP contribution in [0.2, 0.25) is 5.02 Å². The van der Waals surface area contributed by atoms with Crippen molar-refractivity contribution < 1.29 is 4.39 Å². The average Bonchev–Trinajstić information content (AvgIpc) is 2.44. The van der Waals surface area contributed by atoms with E-state index in [-0.39, 0.29) is 16.9 Å². The monoisotopic (exact) mass is 355 g/mol. The number of halogens is 3. The fourth-order valence-electron chi connectivity index (χ4n) is 2.18. The lowest BCUT2D eigenvalue weighted by Crippen LogP contribution is -2.23. The first-order valence-corrected chi connectivity index (χ1v) is 7.70. The van der Waals surface area contributed by atoms with Crippen LogP contribution < -0.4 is 5.32 Å². The second kappa shape index (κ2) is 7.21. The topological polar surface area (TPSA) is 12.0 Å². The first-order chi connectivity index (χ1) is 9.61. The molecular weight excluding hydrogens is 341 g/mol. The normalized spacial score (nSPS) is 12.4. The van der Waals surface area contributed by atoms with Crippen molar-refractivity contribution in [3.05, 3.63) is 68.9 Å². The van der Waals surface area contributed by atoms with Gasteiger partial charge in [-0.15, -0.1) is 0 Å². The van der Waals surface area contributed by atoms with E-state index in [0.29, 0.717) is 0 Å². The highest BCUT2D eigenvalue weighted by Gasteiger charge is 2.16. The summed E-state index contributed by atoms with van der Waals surface area (Å²) in [6.07, 6.45) is 0.768. The maximum absolute atomic E-state index is 13.6. The van der Waals surface area contributed by atoms with Crippen molar-refractivity contribution in [2.24, 2.45) is 0 Å². The van der Waals surface area contributed by atoms with Crippen molar-refractivity contribution in [1.82, 2.24) is 5.32 Å². The van der Waals surface area contributed by atoms with Gasteiger partial charge in [0, 0.05) is 10.5 Å². The van der Waals surface area contributed by atoms with Gasteiger partial charge in [0.2, 0.25) is 0 Å². The number of hydrogen-bond donors (Lipinski definition) is 1. The Bertz CT molecular complexity index is 571. The molecule has 0 aliphatic rings. The molecule has 0 spiro atoms. The molecule has 1 atom stereocenters. The van der Waals surface area contributed by atoms with E-state index < -0.39 is 0 Å². The number of likely N-dealkylation sites (N-methyl/N-ethyl adjacent to an activating group) is 1. The lowest BCUT2D eigenvalue weighted by atomic mass is 9.98. The van der Waals surface area contributed by atoms with Crippen LogP contribution in [0.15, 0.2) is 46.9 Å². The van der Waals surface area contributed by atoms with Gasteiger partial charge in [0.15, 0.2) is 0 Å². The second-order valence-corrected chi connectivity index (χ2v) is 5.88. The fourth-order valence-corrected chi connectivity index (χ4v) is 2.71. The van der Waals surface area contributed by atoms with Crippen LogP contribution in [0.4, 0.5) is 4.39 Å². The quantitative estimate of drug-likeness (QED) is 0.782. The van der Waals surface area contributed by atoms with Crippen molar-refractivity contribution >= 4 is 27.5 Å². The molecule has 0 aliphatic heterocycles. The van der Waals surface area contributed by atoms with Crippen LogP contribution in [-0.4, -0.2) is 6.54 Å². The highest BCUT2D eigenvalue weighted by atomic mass is 79.9. The summed E-state index contributed by atoms with van der Waals surface area (Å²) in [6.45, 7) is 2.83. The summed E-state index contributed by atoms with van der Waals surface area (Å²) in [5.41, 5.74) is 1.98.